The minimum absolute atomic E-state index is 0.167. The molecule has 0 aliphatic rings. The highest BCUT2D eigenvalue weighted by molar-refractivity contribution is 7.99. The molecule has 2 atom stereocenters. The molecule has 3 aromatic rings. The van der Waals surface area contributed by atoms with Gasteiger partial charge in [-0.2, -0.15) is 11.8 Å². The van der Waals surface area contributed by atoms with E-state index >= 15 is 0 Å². The van der Waals surface area contributed by atoms with Crippen LogP contribution in [0.2, 0.25) is 0 Å². The smallest absolute Gasteiger partial charge is 0.0922 e. The van der Waals surface area contributed by atoms with Gasteiger partial charge >= 0.3 is 0 Å². The average molecular weight is 409 g/mol. The number of thioether (sulfide) groups is 1. The van der Waals surface area contributed by atoms with Gasteiger partial charge in [0.15, 0.2) is 0 Å². The molecule has 0 saturated heterocycles. The molecule has 0 aliphatic heterocycles. The van der Waals surface area contributed by atoms with Gasteiger partial charge in [-0.05, 0) is 18.4 Å². The van der Waals surface area contributed by atoms with Crippen LogP contribution in [0.1, 0.15) is 26.3 Å². The third kappa shape index (κ3) is 5.95. The fourth-order valence-electron chi connectivity index (χ4n) is 3.26. The summed E-state index contributed by atoms with van der Waals surface area (Å²) in [6.07, 6.45) is 0.167. The van der Waals surface area contributed by atoms with E-state index in [9.17, 15) is 0 Å². The van der Waals surface area contributed by atoms with E-state index in [-0.39, 0.29) is 6.10 Å². The van der Waals surface area contributed by atoms with Gasteiger partial charge in [-0.15, -0.1) is 0 Å². The molecule has 3 rings (SSSR count). The lowest BCUT2D eigenvalue weighted by molar-refractivity contribution is 0.228. The van der Waals surface area contributed by atoms with Gasteiger partial charge in [-0.25, -0.2) is 0 Å². The zero-order valence-electron chi connectivity index (χ0n) is 16.9. The van der Waals surface area contributed by atoms with E-state index in [0.29, 0.717) is 11.2 Å². The lowest BCUT2D eigenvalue weighted by Crippen LogP contribution is -2.29. The summed E-state index contributed by atoms with van der Waals surface area (Å²) in [6.45, 7) is 6.84. The van der Waals surface area contributed by atoms with Gasteiger partial charge in [-0.1, -0.05) is 105 Å². The van der Waals surface area contributed by atoms with Gasteiger partial charge < -0.3 is 4.52 Å². The molecule has 0 aliphatic carbocycles. The van der Waals surface area contributed by atoms with E-state index in [1.807, 2.05) is 11.8 Å². The van der Waals surface area contributed by atoms with Crippen molar-refractivity contribution in [1.29, 1.82) is 0 Å². The Morgan fingerprint density at radius 1 is 0.714 bits per heavy atom. The fourth-order valence-corrected chi connectivity index (χ4v) is 6.52. The summed E-state index contributed by atoms with van der Waals surface area (Å²) in [5.74, 6) is 1.57. The van der Waals surface area contributed by atoms with Crippen molar-refractivity contribution in [3.8, 4) is 0 Å². The van der Waals surface area contributed by atoms with Gasteiger partial charge in [0, 0.05) is 21.6 Å². The van der Waals surface area contributed by atoms with Crippen molar-refractivity contribution in [3.63, 3.8) is 0 Å². The van der Waals surface area contributed by atoms with Crippen molar-refractivity contribution in [2.24, 2.45) is 5.92 Å². The van der Waals surface area contributed by atoms with Crippen LogP contribution >= 0.6 is 19.9 Å². The Hall–Kier alpha value is -1.60. The normalized spacial score (nSPS) is 13.6. The van der Waals surface area contributed by atoms with Gasteiger partial charge in [0.2, 0.25) is 0 Å². The Labute approximate surface area is 175 Å². The Kier molecular flexibility index (Phi) is 8.15. The molecule has 146 valence electrons. The molecule has 0 spiro atoms. The first-order valence-corrected chi connectivity index (χ1v) is 12.2. The Bertz CT molecular complexity index is 768. The second-order valence-corrected chi connectivity index (χ2v) is 10.3. The summed E-state index contributed by atoms with van der Waals surface area (Å²) in [7, 11) is -0.826. The SMILES string of the molecule is CC(C)[C@@H](SCc1ccccc1)[C@@H](C)OP(c1ccccc1)c1ccccc1. The number of hydrogen-bond acceptors (Lipinski definition) is 2. The van der Waals surface area contributed by atoms with E-state index in [0.717, 1.165) is 5.75 Å². The monoisotopic (exact) mass is 408 g/mol. The van der Waals surface area contributed by atoms with Crippen LogP contribution in [-0.2, 0) is 10.3 Å². The molecule has 0 fully saturated rings. The van der Waals surface area contributed by atoms with Crippen LogP contribution in [0.15, 0.2) is 91.0 Å². The molecule has 3 aromatic carbocycles. The van der Waals surface area contributed by atoms with Crippen molar-refractivity contribution in [2.45, 2.75) is 37.9 Å². The predicted octanol–water partition coefficient (Wildman–Crippen LogP) is 6.40. The molecular weight excluding hydrogens is 379 g/mol. The standard InChI is InChI=1S/C25H29OPS/c1-20(2)25(28-19-22-13-7-4-8-14-22)21(3)26-27(23-15-9-5-10-16-23)24-17-11-6-12-18-24/h4-18,20-21,25H,19H2,1-3H3/t21-,25-/m1/s1. The number of rotatable bonds is 9. The molecule has 0 amide bonds. The molecule has 0 aromatic heterocycles. The summed E-state index contributed by atoms with van der Waals surface area (Å²) >= 11 is 2.01. The van der Waals surface area contributed by atoms with Crippen LogP contribution in [0.4, 0.5) is 0 Å². The molecule has 3 heteroatoms. The minimum atomic E-state index is -0.826. The maximum Gasteiger partial charge on any atom is 0.0922 e. The van der Waals surface area contributed by atoms with Crippen LogP contribution in [0.25, 0.3) is 0 Å². The minimum Gasteiger partial charge on any atom is -0.346 e. The highest BCUT2D eigenvalue weighted by atomic mass is 32.2. The molecule has 0 unspecified atom stereocenters. The van der Waals surface area contributed by atoms with Crippen molar-refractivity contribution < 1.29 is 4.52 Å². The summed E-state index contributed by atoms with van der Waals surface area (Å²) in [4.78, 5) is 0. The Morgan fingerprint density at radius 3 is 1.64 bits per heavy atom. The van der Waals surface area contributed by atoms with Crippen molar-refractivity contribution >= 4 is 30.5 Å². The zero-order chi connectivity index (χ0) is 19.8. The van der Waals surface area contributed by atoms with E-state index < -0.39 is 8.15 Å². The lowest BCUT2D eigenvalue weighted by Gasteiger charge is -2.31. The average Bonchev–Trinajstić information content (AvgIpc) is 2.74. The molecule has 0 heterocycles. The first kappa shape index (κ1) is 21.1. The molecule has 0 bridgehead atoms. The summed E-state index contributed by atoms with van der Waals surface area (Å²) < 4.78 is 6.78. The largest absolute Gasteiger partial charge is 0.346 e. The maximum atomic E-state index is 6.78. The van der Waals surface area contributed by atoms with Gasteiger partial charge in [0.25, 0.3) is 0 Å². The highest BCUT2D eigenvalue weighted by Gasteiger charge is 2.26. The third-order valence-corrected chi connectivity index (χ3v) is 8.55. The second-order valence-electron chi connectivity index (χ2n) is 7.28. The first-order chi connectivity index (χ1) is 13.6. The third-order valence-electron chi connectivity index (χ3n) is 4.66. The zero-order valence-corrected chi connectivity index (χ0v) is 18.6. The summed E-state index contributed by atoms with van der Waals surface area (Å²) in [5.41, 5.74) is 1.37. The number of hydrogen-bond donors (Lipinski definition) is 0. The molecular formula is C25H29OPS. The van der Waals surface area contributed by atoms with Gasteiger partial charge in [-0.3, -0.25) is 0 Å². The van der Waals surface area contributed by atoms with Crippen LogP contribution in [-0.4, -0.2) is 11.4 Å². The van der Waals surface area contributed by atoms with E-state index in [2.05, 4.69) is 112 Å². The number of benzene rings is 3. The summed E-state index contributed by atoms with van der Waals surface area (Å²) in [5, 5.41) is 2.98. The highest BCUT2D eigenvalue weighted by Crippen LogP contribution is 2.40. The molecule has 1 nitrogen and oxygen atoms in total. The van der Waals surface area contributed by atoms with Gasteiger partial charge in [0.1, 0.15) is 0 Å². The molecule has 0 radical (unpaired) electrons. The Morgan fingerprint density at radius 2 is 1.18 bits per heavy atom. The van der Waals surface area contributed by atoms with E-state index in [1.54, 1.807) is 0 Å². The maximum absolute atomic E-state index is 6.78. The lowest BCUT2D eigenvalue weighted by atomic mass is 10.1. The second kappa shape index (κ2) is 10.8. The van der Waals surface area contributed by atoms with E-state index in [4.69, 9.17) is 4.52 Å². The van der Waals surface area contributed by atoms with Crippen LogP contribution < -0.4 is 10.6 Å². The predicted molar refractivity (Wildman–Crippen MR) is 126 cm³/mol. The van der Waals surface area contributed by atoms with Crippen molar-refractivity contribution in [1.82, 2.24) is 0 Å². The summed E-state index contributed by atoms with van der Waals surface area (Å²) in [6, 6.07) is 32.0. The van der Waals surface area contributed by atoms with Crippen LogP contribution in [0.3, 0.4) is 0 Å². The van der Waals surface area contributed by atoms with E-state index in [1.165, 1.54) is 16.2 Å². The fraction of sp³-hybridized carbons (Fsp3) is 0.280. The first-order valence-electron chi connectivity index (χ1n) is 9.87. The topological polar surface area (TPSA) is 9.23 Å². The van der Waals surface area contributed by atoms with Gasteiger partial charge in [0.05, 0.1) is 14.3 Å². The van der Waals surface area contributed by atoms with Crippen LogP contribution in [0, 0.1) is 5.92 Å². The van der Waals surface area contributed by atoms with Crippen LogP contribution in [0.5, 0.6) is 0 Å². The molecule has 0 saturated carbocycles. The molecule has 0 N–H and O–H groups in total. The Balaban J connectivity index is 1.76. The molecule has 28 heavy (non-hydrogen) atoms. The quantitative estimate of drug-likeness (QED) is 0.379. The van der Waals surface area contributed by atoms with Crippen molar-refractivity contribution in [3.05, 3.63) is 96.6 Å². The van der Waals surface area contributed by atoms with Crippen molar-refractivity contribution in [2.75, 3.05) is 0 Å².